The maximum absolute atomic E-state index is 13.2. The molecule has 0 bridgehead atoms. The van der Waals surface area contributed by atoms with Gasteiger partial charge in [-0.1, -0.05) is 60.2 Å². The molecule has 0 fully saturated rings. The summed E-state index contributed by atoms with van der Waals surface area (Å²) in [5.74, 6) is -0.279. The molecule has 0 aliphatic carbocycles. The summed E-state index contributed by atoms with van der Waals surface area (Å²) in [6.07, 6.45) is 0.409. The number of carbonyl (C=O) groups is 1. The van der Waals surface area contributed by atoms with E-state index in [1.54, 1.807) is 30.3 Å². The Bertz CT molecular complexity index is 1090. The molecule has 6 heteroatoms. The van der Waals surface area contributed by atoms with Crippen LogP contribution in [0.2, 0.25) is 0 Å². The Labute approximate surface area is 168 Å². The van der Waals surface area contributed by atoms with Gasteiger partial charge in [-0.3, -0.25) is 14.9 Å². The van der Waals surface area contributed by atoms with Crippen LogP contribution in [0.3, 0.4) is 0 Å². The predicted octanol–water partition coefficient (Wildman–Crippen LogP) is 4.89. The van der Waals surface area contributed by atoms with Crippen molar-refractivity contribution in [2.75, 3.05) is 0 Å². The first kappa shape index (κ1) is 18.6. The molecule has 144 valence electrons. The van der Waals surface area contributed by atoms with E-state index in [-0.39, 0.29) is 11.6 Å². The van der Waals surface area contributed by atoms with Crippen LogP contribution in [0, 0.1) is 17.0 Å². The van der Waals surface area contributed by atoms with Crippen molar-refractivity contribution in [2.24, 2.45) is 5.10 Å². The normalized spacial score (nSPS) is 15.8. The zero-order valence-corrected chi connectivity index (χ0v) is 15.9. The molecule has 29 heavy (non-hydrogen) atoms. The molecule has 3 aromatic carbocycles. The summed E-state index contributed by atoms with van der Waals surface area (Å²) in [5, 5.41) is 17.6. The molecule has 1 atom stereocenters. The first-order valence-electron chi connectivity index (χ1n) is 9.31. The summed E-state index contributed by atoms with van der Waals surface area (Å²) in [4.78, 5) is 24.4. The Morgan fingerprint density at radius 2 is 1.66 bits per heavy atom. The lowest BCUT2D eigenvalue weighted by molar-refractivity contribution is -0.385. The van der Waals surface area contributed by atoms with E-state index >= 15 is 0 Å². The largest absolute Gasteiger partial charge is 0.274 e. The second-order valence-electron chi connectivity index (χ2n) is 6.96. The number of nitrogens with zero attached hydrogens (tertiary/aromatic N) is 3. The highest BCUT2D eigenvalue weighted by Crippen LogP contribution is 2.38. The molecule has 0 radical (unpaired) electrons. The molecule has 0 unspecified atom stereocenters. The van der Waals surface area contributed by atoms with Gasteiger partial charge in [0.15, 0.2) is 0 Å². The van der Waals surface area contributed by atoms with Crippen molar-refractivity contribution in [3.05, 3.63) is 111 Å². The number of para-hydroxylation sites is 1. The quantitative estimate of drug-likeness (QED) is 0.474. The van der Waals surface area contributed by atoms with E-state index in [0.717, 1.165) is 16.8 Å². The van der Waals surface area contributed by atoms with E-state index in [4.69, 9.17) is 0 Å². The van der Waals surface area contributed by atoms with Crippen LogP contribution in [0.1, 0.15) is 39.5 Å². The third-order valence-electron chi connectivity index (χ3n) is 5.02. The summed E-state index contributed by atoms with van der Waals surface area (Å²) >= 11 is 0. The highest BCUT2D eigenvalue weighted by atomic mass is 16.6. The van der Waals surface area contributed by atoms with E-state index in [9.17, 15) is 14.9 Å². The average molecular weight is 385 g/mol. The van der Waals surface area contributed by atoms with Gasteiger partial charge in [0.1, 0.15) is 0 Å². The van der Waals surface area contributed by atoms with Gasteiger partial charge in [0.2, 0.25) is 0 Å². The minimum Gasteiger partial charge on any atom is -0.267 e. The topological polar surface area (TPSA) is 75.8 Å². The van der Waals surface area contributed by atoms with E-state index in [1.165, 1.54) is 11.1 Å². The maximum Gasteiger partial charge on any atom is 0.274 e. The Kier molecular flexibility index (Phi) is 4.91. The minimum atomic E-state index is -0.541. The van der Waals surface area contributed by atoms with Crippen LogP contribution in [0.4, 0.5) is 5.69 Å². The zero-order valence-electron chi connectivity index (χ0n) is 15.9. The van der Waals surface area contributed by atoms with Crippen LogP contribution < -0.4 is 0 Å². The van der Waals surface area contributed by atoms with Gasteiger partial charge in [-0.15, -0.1) is 0 Å². The Morgan fingerprint density at radius 1 is 1.00 bits per heavy atom. The SMILES string of the molecule is Cc1ccc(C(=O)N2N=C(c3ccccc3)C[C@@H]2c2ccccc2[N+](=O)[O-])cc1. The highest BCUT2D eigenvalue weighted by Gasteiger charge is 2.37. The van der Waals surface area contributed by atoms with Gasteiger partial charge in [0, 0.05) is 18.1 Å². The van der Waals surface area contributed by atoms with Gasteiger partial charge < -0.3 is 0 Å². The monoisotopic (exact) mass is 385 g/mol. The van der Waals surface area contributed by atoms with Crippen LogP contribution >= 0.6 is 0 Å². The lowest BCUT2D eigenvalue weighted by atomic mass is 9.97. The molecule has 0 saturated carbocycles. The summed E-state index contributed by atoms with van der Waals surface area (Å²) in [6.45, 7) is 1.95. The van der Waals surface area contributed by atoms with Crippen LogP contribution in [-0.2, 0) is 0 Å². The van der Waals surface area contributed by atoms with Crippen LogP contribution in [0.5, 0.6) is 0 Å². The molecular weight excluding hydrogens is 366 g/mol. The Balaban J connectivity index is 1.78. The molecule has 0 saturated heterocycles. The molecule has 1 aliphatic rings. The number of rotatable bonds is 4. The van der Waals surface area contributed by atoms with Gasteiger partial charge >= 0.3 is 0 Å². The molecule has 0 spiro atoms. The van der Waals surface area contributed by atoms with Crippen molar-refractivity contribution in [1.82, 2.24) is 5.01 Å². The number of benzene rings is 3. The predicted molar refractivity (Wildman–Crippen MR) is 111 cm³/mol. The van der Waals surface area contributed by atoms with E-state index < -0.39 is 11.0 Å². The van der Waals surface area contributed by atoms with Crippen molar-refractivity contribution in [3.8, 4) is 0 Å². The number of carbonyl (C=O) groups excluding carboxylic acids is 1. The Hall–Kier alpha value is -3.80. The second kappa shape index (κ2) is 7.67. The van der Waals surface area contributed by atoms with E-state index in [2.05, 4.69) is 5.10 Å². The van der Waals surface area contributed by atoms with Crippen molar-refractivity contribution >= 4 is 17.3 Å². The number of hydrogen-bond donors (Lipinski definition) is 0. The summed E-state index contributed by atoms with van der Waals surface area (Å²) in [5.41, 5.74) is 3.64. The molecule has 6 nitrogen and oxygen atoms in total. The number of nitro benzene ring substituents is 1. The van der Waals surface area contributed by atoms with Gasteiger partial charge in [0.25, 0.3) is 11.6 Å². The second-order valence-corrected chi connectivity index (χ2v) is 6.96. The molecule has 0 aromatic heterocycles. The van der Waals surface area contributed by atoms with Crippen LogP contribution in [0.15, 0.2) is 84.0 Å². The highest BCUT2D eigenvalue weighted by molar-refractivity contribution is 6.05. The fraction of sp³-hybridized carbons (Fsp3) is 0.130. The molecule has 1 heterocycles. The fourth-order valence-electron chi connectivity index (χ4n) is 3.51. The lowest BCUT2D eigenvalue weighted by Crippen LogP contribution is -2.27. The number of hydrogen-bond acceptors (Lipinski definition) is 4. The van der Waals surface area contributed by atoms with Crippen LogP contribution in [0.25, 0.3) is 0 Å². The third kappa shape index (κ3) is 3.65. The number of aryl methyl sites for hydroxylation is 1. The fourth-order valence-corrected chi connectivity index (χ4v) is 3.51. The molecule has 3 aromatic rings. The van der Waals surface area contributed by atoms with Crippen molar-refractivity contribution in [2.45, 2.75) is 19.4 Å². The Morgan fingerprint density at radius 3 is 2.34 bits per heavy atom. The van der Waals surface area contributed by atoms with Crippen LogP contribution in [-0.4, -0.2) is 21.6 Å². The van der Waals surface area contributed by atoms with E-state index in [0.29, 0.717) is 17.5 Å². The molecule has 0 N–H and O–H groups in total. The standard InChI is InChI=1S/C23H19N3O3/c1-16-11-13-18(14-12-16)23(27)25-22(19-9-5-6-10-21(19)26(28)29)15-20(24-25)17-7-3-2-4-8-17/h2-14,22H,15H2,1H3/t22-/m1/s1. The molecular formula is C23H19N3O3. The zero-order chi connectivity index (χ0) is 20.4. The maximum atomic E-state index is 13.2. The molecule has 1 amide bonds. The first-order valence-corrected chi connectivity index (χ1v) is 9.31. The van der Waals surface area contributed by atoms with Crippen molar-refractivity contribution < 1.29 is 9.72 Å². The van der Waals surface area contributed by atoms with E-state index in [1.807, 2.05) is 49.4 Å². The van der Waals surface area contributed by atoms with Gasteiger partial charge in [-0.05, 0) is 30.7 Å². The average Bonchev–Trinajstić information content (AvgIpc) is 3.20. The van der Waals surface area contributed by atoms with Gasteiger partial charge in [-0.2, -0.15) is 5.10 Å². The number of amides is 1. The number of nitro groups is 1. The smallest absolute Gasteiger partial charge is 0.267 e. The molecule has 4 rings (SSSR count). The van der Waals surface area contributed by atoms with Crippen molar-refractivity contribution in [3.63, 3.8) is 0 Å². The van der Waals surface area contributed by atoms with Gasteiger partial charge in [0.05, 0.1) is 22.2 Å². The summed E-state index contributed by atoms with van der Waals surface area (Å²) < 4.78 is 0. The minimum absolute atomic E-state index is 0.0104. The lowest BCUT2D eigenvalue weighted by Gasteiger charge is -2.22. The number of hydrazone groups is 1. The molecule has 1 aliphatic heterocycles. The summed E-state index contributed by atoms with van der Waals surface area (Å²) in [7, 11) is 0. The van der Waals surface area contributed by atoms with Gasteiger partial charge in [-0.25, -0.2) is 5.01 Å². The first-order chi connectivity index (χ1) is 14.0. The van der Waals surface area contributed by atoms with Crippen molar-refractivity contribution in [1.29, 1.82) is 0 Å². The summed E-state index contributed by atoms with van der Waals surface area (Å²) in [6, 6.07) is 22.8. The third-order valence-corrected chi connectivity index (χ3v) is 5.02.